The van der Waals surface area contributed by atoms with Gasteiger partial charge in [0, 0.05) is 36.4 Å². The highest BCUT2D eigenvalue weighted by Gasteiger charge is 2.30. The number of rotatable bonds is 2. The Morgan fingerprint density at radius 1 is 1.40 bits per heavy atom. The van der Waals surface area contributed by atoms with Crippen LogP contribution in [0.2, 0.25) is 5.02 Å². The van der Waals surface area contributed by atoms with Crippen LogP contribution in [0.4, 0.5) is 0 Å². The van der Waals surface area contributed by atoms with Crippen molar-refractivity contribution in [3.63, 3.8) is 0 Å². The highest BCUT2D eigenvalue weighted by atomic mass is 35.5. The molecule has 4 nitrogen and oxygen atoms in total. The molecule has 2 heterocycles. The molecule has 4 rings (SSSR count). The van der Waals surface area contributed by atoms with Crippen LogP contribution >= 0.6 is 11.6 Å². The van der Waals surface area contributed by atoms with Gasteiger partial charge in [0.05, 0.1) is 17.8 Å². The average Bonchev–Trinajstić information content (AvgIpc) is 3.10. The fourth-order valence-corrected chi connectivity index (χ4v) is 3.36. The lowest BCUT2D eigenvalue weighted by Gasteiger charge is -2.07. The zero-order chi connectivity index (χ0) is 13.7. The van der Waals surface area contributed by atoms with E-state index < -0.39 is 0 Å². The van der Waals surface area contributed by atoms with Crippen molar-refractivity contribution in [3.8, 4) is 11.3 Å². The molecule has 1 aliphatic carbocycles. The third-order valence-corrected chi connectivity index (χ3v) is 4.48. The summed E-state index contributed by atoms with van der Waals surface area (Å²) in [5.41, 5.74) is 4.73. The normalized spacial score (nSPS) is 23.9. The van der Waals surface area contributed by atoms with Crippen LogP contribution < -0.4 is 5.32 Å². The number of methoxy groups -OCH3 is 1. The van der Waals surface area contributed by atoms with Gasteiger partial charge in [-0.3, -0.25) is 0 Å². The molecule has 0 spiro atoms. The van der Waals surface area contributed by atoms with Crippen molar-refractivity contribution in [2.75, 3.05) is 13.7 Å². The summed E-state index contributed by atoms with van der Waals surface area (Å²) in [5.74, 6) is 1.02. The number of aromatic amines is 1. The fourth-order valence-electron chi connectivity index (χ4n) is 3.17. The molecule has 20 heavy (non-hydrogen) atoms. The van der Waals surface area contributed by atoms with E-state index in [1.807, 2.05) is 12.1 Å². The zero-order valence-corrected chi connectivity index (χ0v) is 12.0. The Balaban J connectivity index is 1.66. The minimum absolute atomic E-state index is 0.265. The monoisotopic (exact) mass is 289 g/mol. The van der Waals surface area contributed by atoms with Crippen molar-refractivity contribution in [2.24, 2.45) is 0 Å². The number of nitrogens with zero attached hydrogens (tertiary/aromatic N) is 1. The highest BCUT2D eigenvalue weighted by Crippen LogP contribution is 2.37. The Labute approximate surface area is 122 Å². The second kappa shape index (κ2) is 4.58. The maximum absolute atomic E-state index is 6.05. The fraction of sp³-hybridized carbons (Fsp3) is 0.400. The van der Waals surface area contributed by atoms with Crippen LogP contribution in [0.1, 0.15) is 29.5 Å². The first-order valence-electron chi connectivity index (χ1n) is 6.88. The molecular formula is C15H16ClN3O. The topological polar surface area (TPSA) is 49.9 Å². The quantitative estimate of drug-likeness (QED) is 0.763. The lowest BCUT2D eigenvalue weighted by Crippen LogP contribution is -2.16. The summed E-state index contributed by atoms with van der Waals surface area (Å²) < 4.78 is 5.39. The minimum Gasteiger partial charge on any atom is -0.380 e. The van der Waals surface area contributed by atoms with E-state index in [0.717, 1.165) is 35.9 Å². The van der Waals surface area contributed by atoms with Gasteiger partial charge in [-0.1, -0.05) is 17.7 Å². The SMILES string of the molecule is COC1CNC(c2nc3c([nH]2)Cc2cc(Cl)ccc2-3)C1. The Bertz CT molecular complexity index is 667. The van der Waals surface area contributed by atoms with E-state index in [0.29, 0.717) is 0 Å². The van der Waals surface area contributed by atoms with Gasteiger partial charge in [-0.25, -0.2) is 4.98 Å². The van der Waals surface area contributed by atoms with Crippen molar-refractivity contribution in [1.82, 2.24) is 15.3 Å². The van der Waals surface area contributed by atoms with Crippen molar-refractivity contribution in [3.05, 3.63) is 40.3 Å². The first-order chi connectivity index (χ1) is 9.74. The summed E-state index contributed by atoms with van der Waals surface area (Å²) in [5, 5.41) is 4.24. The molecule has 2 unspecified atom stereocenters. The van der Waals surface area contributed by atoms with E-state index >= 15 is 0 Å². The highest BCUT2D eigenvalue weighted by molar-refractivity contribution is 6.30. The number of hydrogen-bond acceptors (Lipinski definition) is 3. The molecule has 104 valence electrons. The lowest BCUT2D eigenvalue weighted by atomic mass is 10.1. The number of fused-ring (bicyclic) bond motifs is 3. The molecular weight excluding hydrogens is 274 g/mol. The van der Waals surface area contributed by atoms with Crippen LogP contribution in [0.25, 0.3) is 11.3 Å². The van der Waals surface area contributed by atoms with E-state index in [1.165, 1.54) is 16.8 Å². The van der Waals surface area contributed by atoms with Gasteiger partial charge >= 0.3 is 0 Å². The lowest BCUT2D eigenvalue weighted by molar-refractivity contribution is 0.117. The molecule has 2 aliphatic rings. The molecule has 5 heteroatoms. The summed E-state index contributed by atoms with van der Waals surface area (Å²) in [6.07, 6.45) is 2.14. The van der Waals surface area contributed by atoms with Gasteiger partial charge < -0.3 is 15.0 Å². The Morgan fingerprint density at radius 2 is 2.30 bits per heavy atom. The van der Waals surface area contributed by atoms with Crippen molar-refractivity contribution in [2.45, 2.75) is 25.0 Å². The second-order valence-corrected chi connectivity index (χ2v) is 5.92. The molecule has 1 saturated heterocycles. The molecule has 0 amide bonds. The van der Waals surface area contributed by atoms with Gasteiger partial charge in [0.2, 0.25) is 0 Å². The molecule has 1 aliphatic heterocycles. The number of halogens is 1. The summed E-state index contributed by atoms with van der Waals surface area (Å²) >= 11 is 6.05. The Hall–Kier alpha value is -1.36. The zero-order valence-electron chi connectivity index (χ0n) is 11.2. The first-order valence-corrected chi connectivity index (χ1v) is 7.26. The number of H-pyrrole nitrogens is 1. The number of ether oxygens (including phenoxy) is 1. The van der Waals surface area contributed by atoms with E-state index in [-0.39, 0.29) is 12.1 Å². The summed E-state index contributed by atoms with van der Waals surface area (Å²) in [7, 11) is 1.76. The maximum atomic E-state index is 6.05. The molecule has 1 aromatic heterocycles. The van der Waals surface area contributed by atoms with Gasteiger partial charge in [0.25, 0.3) is 0 Å². The molecule has 2 aromatic rings. The second-order valence-electron chi connectivity index (χ2n) is 5.48. The standard InChI is InChI=1S/C15H16ClN3O/c1-20-10-6-13(17-7-10)15-18-12-5-8-4-9(16)2-3-11(8)14(12)19-15/h2-4,10,13,17H,5-7H2,1H3,(H,18,19). The van der Waals surface area contributed by atoms with E-state index in [4.69, 9.17) is 21.3 Å². The summed E-state index contributed by atoms with van der Waals surface area (Å²) in [6, 6.07) is 6.29. The number of aromatic nitrogens is 2. The van der Waals surface area contributed by atoms with Crippen molar-refractivity contribution >= 4 is 11.6 Å². The molecule has 0 radical (unpaired) electrons. The van der Waals surface area contributed by atoms with Gasteiger partial charge in [-0.05, 0) is 24.1 Å². The third kappa shape index (κ3) is 1.87. The maximum Gasteiger partial charge on any atom is 0.124 e. The Kier molecular flexibility index (Phi) is 2.84. The van der Waals surface area contributed by atoms with Gasteiger partial charge in [-0.2, -0.15) is 0 Å². The molecule has 0 saturated carbocycles. The number of hydrogen-bond donors (Lipinski definition) is 2. The van der Waals surface area contributed by atoms with Crippen LogP contribution in [0.3, 0.4) is 0 Å². The Morgan fingerprint density at radius 3 is 3.10 bits per heavy atom. The average molecular weight is 290 g/mol. The minimum atomic E-state index is 0.265. The van der Waals surface area contributed by atoms with E-state index in [1.54, 1.807) is 7.11 Å². The van der Waals surface area contributed by atoms with Crippen LogP contribution in [0.15, 0.2) is 18.2 Å². The van der Waals surface area contributed by atoms with Gasteiger partial charge in [-0.15, -0.1) is 0 Å². The molecule has 1 fully saturated rings. The largest absolute Gasteiger partial charge is 0.380 e. The van der Waals surface area contributed by atoms with Crippen molar-refractivity contribution < 1.29 is 4.74 Å². The van der Waals surface area contributed by atoms with E-state index in [2.05, 4.69) is 16.4 Å². The molecule has 0 bridgehead atoms. The van der Waals surface area contributed by atoms with Crippen molar-refractivity contribution in [1.29, 1.82) is 0 Å². The molecule has 1 aromatic carbocycles. The van der Waals surface area contributed by atoms with Crippen LogP contribution in [-0.4, -0.2) is 29.7 Å². The predicted molar refractivity (Wildman–Crippen MR) is 78.0 cm³/mol. The smallest absolute Gasteiger partial charge is 0.124 e. The van der Waals surface area contributed by atoms with Gasteiger partial charge in [0.15, 0.2) is 0 Å². The molecule has 2 atom stereocenters. The molecule has 2 N–H and O–H groups in total. The predicted octanol–water partition coefficient (Wildman–Crippen LogP) is 2.68. The summed E-state index contributed by atoms with van der Waals surface area (Å²) in [6.45, 7) is 0.888. The van der Waals surface area contributed by atoms with Crippen LogP contribution in [0.5, 0.6) is 0 Å². The van der Waals surface area contributed by atoms with Crippen LogP contribution in [-0.2, 0) is 11.2 Å². The number of imidazole rings is 1. The third-order valence-electron chi connectivity index (χ3n) is 4.24. The van der Waals surface area contributed by atoms with Crippen LogP contribution in [0, 0.1) is 0 Å². The van der Waals surface area contributed by atoms with E-state index in [9.17, 15) is 0 Å². The van der Waals surface area contributed by atoms with Gasteiger partial charge in [0.1, 0.15) is 5.82 Å². The number of nitrogens with one attached hydrogen (secondary N) is 2. The summed E-state index contributed by atoms with van der Waals surface area (Å²) in [4.78, 5) is 8.27. The number of benzene rings is 1. The first kappa shape index (κ1) is 12.4.